The Morgan fingerprint density at radius 3 is 2.62 bits per heavy atom. The molecule has 8 heteroatoms. The first-order valence-corrected chi connectivity index (χ1v) is 10.8. The van der Waals surface area contributed by atoms with E-state index >= 15 is 0 Å². The van der Waals surface area contributed by atoms with Gasteiger partial charge >= 0.3 is 0 Å². The van der Waals surface area contributed by atoms with Gasteiger partial charge in [0.15, 0.2) is 0 Å². The molecular formula is C26H24FN3O4. The SMILES string of the molecule is COc1cccc(CNC(=O)c2ccccc2NC(=O)[C@H]2CC(=O)N(c3ccccc3F)C2)c1. The van der Waals surface area contributed by atoms with Gasteiger partial charge < -0.3 is 20.3 Å². The fraction of sp³-hybridized carbons (Fsp3) is 0.192. The molecule has 0 spiro atoms. The molecule has 1 fully saturated rings. The Bertz CT molecular complexity index is 1230. The molecule has 3 amide bonds. The van der Waals surface area contributed by atoms with E-state index in [1.807, 2.05) is 24.3 Å². The Kier molecular flexibility index (Phi) is 6.87. The lowest BCUT2D eigenvalue weighted by Gasteiger charge is -2.17. The van der Waals surface area contributed by atoms with Crippen molar-refractivity contribution < 1.29 is 23.5 Å². The number of anilines is 2. The number of ether oxygens (including phenoxy) is 1. The molecule has 0 radical (unpaired) electrons. The number of carbonyl (C=O) groups is 3. The van der Waals surface area contributed by atoms with Gasteiger partial charge in [0, 0.05) is 19.5 Å². The minimum absolute atomic E-state index is 0.0373. The molecule has 1 atom stereocenters. The van der Waals surface area contributed by atoms with Crippen LogP contribution in [0.3, 0.4) is 0 Å². The predicted molar refractivity (Wildman–Crippen MR) is 126 cm³/mol. The molecule has 3 aromatic rings. The predicted octanol–water partition coefficient (Wildman–Crippen LogP) is 3.76. The first kappa shape index (κ1) is 23.0. The fourth-order valence-corrected chi connectivity index (χ4v) is 3.87. The van der Waals surface area contributed by atoms with Gasteiger partial charge in [-0.2, -0.15) is 0 Å². The number of nitrogens with zero attached hydrogens (tertiary/aromatic N) is 1. The van der Waals surface area contributed by atoms with Gasteiger partial charge in [-0.05, 0) is 42.0 Å². The zero-order chi connectivity index (χ0) is 24.1. The van der Waals surface area contributed by atoms with E-state index in [2.05, 4.69) is 10.6 Å². The normalized spacial score (nSPS) is 15.2. The summed E-state index contributed by atoms with van der Waals surface area (Å²) in [5.41, 5.74) is 1.66. The molecule has 0 saturated carbocycles. The van der Waals surface area contributed by atoms with E-state index in [-0.39, 0.29) is 37.0 Å². The average molecular weight is 461 g/mol. The fourth-order valence-electron chi connectivity index (χ4n) is 3.87. The highest BCUT2D eigenvalue weighted by atomic mass is 19.1. The maximum absolute atomic E-state index is 14.1. The van der Waals surface area contributed by atoms with E-state index in [4.69, 9.17) is 4.74 Å². The van der Waals surface area contributed by atoms with Crippen molar-refractivity contribution in [2.24, 2.45) is 5.92 Å². The second-order valence-electron chi connectivity index (χ2n) is 7.93. The van der Waals surface area contributed by atoms with E-state index < -0.39 is 17.6 Å². The van der Waals surface area contributed by atoms with Gasteiger partial charge in [-0.25, -0.2) is 4.39 Å². The highest BCUT2D eigenvalue weighted by Crippen LogP contribution is 2.28. The minimum Gasteiger partial charge on any atom is -0.497 e. The number of halogens is 1. The zero-order valence-electron chi connectivity index (χ0n) is 18.6. The van der Waals surface area contributed by atoms with E-state index in [9.17, 15) is 18.8 Å². The number of methoxy groups -OCH3 is 1. The third-order valence-electron chi connectivity index (χ3n) is 5.66. The van der Waals surface area contributed by atoms with Gasteiger partial charge in [-0.1, -0.05) is 36.4 Å². The summed E-state index contributed by atoms with van der Waals surface area (Å²) in [6, 6.07) is 20.0. The maximum Gasteiger partial charge on any atom is 0.253 e. The molecule has 1 saturated heterocycles. The van der Waals surface area contributed by atoms with Crippen molar-refractivity contribution in [3.63, 3.8) is 0 Å². The van der Waals surface area contributed by atoms with E-state index in [1.54, 1.807) is 43.5 Å². The Hall–Kier alpha value is -4.20. The van der Waals surface area contributed by atoms with E-state index in [0.717, 1.165) is 5.56 Å². The molecule has 0 aliphatic carbocycles. The van der Waals surface area contributed by atoms with Crippen LogP contribution in [0.15, 0.2) is 72.8 Å². The molecule has 0 aromatic heterocycles. The number of para-hydroxylation sites is 2. The van der Waals surface area contributed by atoms with E-state index in [0.29, 0.717) is 17.0 Å². The topological polar surface area (TPSA) is 87.7 Å². The van der Waals surface area contributed by atoms with Crippen LogP contribution in [0.1, 0.15) is 22.3 Å². The number of carbonyl (C=O) groups excluding carboxylic acids is 3. The molecule has 2 N–H and O–H groups in total. The monoisotopic (exact) mass is 461 g/mol. The average Bonchev–Trinajstić information content (AvgIpc) is 3.24. The van der Waals surface area contributed by atoms with Crippen LogP contribution in [-0.4, -0.2) is 31.4 Å². The van der Waals surface area contributed by atoms with Crippen molar-refractivity contribution in [3.8, 4) is 5.75 Å². The highest BCUT2D eigenvalue weighted by molar-refractivity contribution is 6.07. The summed E-state index contributed by atoms with van der Waals surface area (Å²) in [5.74, 6) is -1.58. The van der Waals surface area contributed by atoms with Gasteiger partial charge in [0.05, 0.1) is 30.0 Å². The standard InChI is InChI=1S/C26H24FN3O4/c1-34-19-8-6-7-17(13-19)15-28-26(33)20-9-2-4-11-22(20)29-25(32)18-14-24(31)30(16-18)23-12-5-3-10-21(23)27/h2-13,18H,14-16H2,1H3,(H,28,33)(H,29,32)/t18-/m0/s1. The van der Waals surface area contributed by atoms with Crippen molar-refractivity contribution in [3.05, 3.63) is 89.7 Å². The summed E-state index contributed by atoms with van der Waals surface area (Å²) in [6.45, 7) is 0.350. The lowest BCUT2D eigenvalue weighted by atomic mass is 10.1. The molecule has 1 heterocycles. The second-order valence-corrected chi connectivity index (χ2v) is 7.93. The number of rotatable bonds is 7. The van der Waals surface area contributed by atoms with Crippen LogP contribution >= 0.6 is 0 Å². The first-order valence-electron chi connectivity index (χ1n) is 10.8. The van der Waals surface area contributed by atoms with Crippen LogP contribution in [-0.2, 0) is 16.1 Å². The Labute approximate surface area is 196 Å². The van der Waals surface area contributed by atoms with Crippen LogP contribution in [0.4, 0.5) is 15.8 Å². The van der Waals surface area contributed by atoms with Crippen LogP contribution in [0.25, 0.3) is 0 Å². The summed E-state index contributed by atoms with van der Waals surface area (Å²) in [6.07, 6.45) is -0.0373. The maximum atomic E-state index is 14.1. The van der Waals surface area contributed by atoms with Crippen molar-refractivity contribution in [1.29, 1.82) is 0 Å². The van der Waals surface area contributed by atoms with Gasteiger partial charge in [0.2, 0.25) is 11.8 Å². The molecule has 4 rings (SSSR count). The lowest BCUT2D eigenvalue weighted by Crippen LogP contribution is -2.30. The second kappa shape index (κ2) is 10.2. The van der Waals surface area contributed by atoms with Crippen molar-refractivity contribution in [1.82, 2.24) is 5.32 Å². The van der Waals surface area contributed by atoms with Crippen molar-refractivity contribution in [2.45, 2.75) is 13.0 Å². The molecule has 0 bridgehead atoms. The number of amides is 3. The molecule has 7 nitrogen and oxygen atoms in total. The Balaban J connectivity index is 1.42. The number of hydrogen-bond donors (Lipinski definition) is 2. The quantitative estimate of drug-likeness (QED) is 0.561. The van der Waals surface area contributed by atoms with Gasteiger partial charge in [-0.3, -0.25) is 14.4 Å². The molecule has 1 aliphatic rings. The van der Waals surface area contributed by atoms with Crippen LogP contribution in [0.5, 0.6) is 5.75 Å². The van der Waals surface area contributed by atoms with Gasteiger partial charge in [0.1, 0.15) is 11.6 Å². The first-order chi connectivity index (χ1) is 16.5. The van der Waals surface area contributed by atoms with E-state index in [1.165, 1.54) is 17.0 Å². The van der Waals surface area contributed by atoms with Crippen LogP contribution in [0.2, 0.25) is 0 Å². The lowest BCUT2D eigenvalue weighted by molar-refractivity contribution is -0.122. The summed E-state index contributed by atoms with van der Waals surface area (Å²) in [7, 11) is 1.57. The summed E-state index contributed by atoms with van der Waals surface area (Å²) in [4.78, 5) is 39.5. The summed E-state index contributed by atoms with van der Waals surface area (Å²) in [5, 5.41) is 5.61. The third kappa shape index (κ3) is 5.06. The molecular weight excluding hydrogens is 437 g/mol. The van der Waals surface area contributed by atoms with Crippen LogP contribution < -0.4 is 20.3 Å². The Morgan fingerprint density at radius 2 is 1.82 bits per heavy atom. The molecule has 1 aliphatic heterocycles. The number of benzene rings is 3. The molecule has 174 valence electrons. The smallest absolute Gasteiger partial charge is 0.253 e. The largest absolute Gasteiger partial charge is 0.497 e. The highest BCUT2D eigenvalue weighted by Gasteiger charge is 2.36. The summed E-state index contributed by atoms with van der Waals surface area (Å²) < 4.78 is 19.3. The van der Waals surface area contributed by atoms with Gasteiger partial charge in [0.25, 0.3) is 5.91 Å². The number of nitrogens with one attached hydrogen (secondary N) is 2. The molecule has 3 aromatic carbocycles. The van der Waals surface area contributed by atoms with Crippen molar-refractivity contribution in [2.75, 3.05) is 23.9 Å². The summed E-state index contributed by atoms with van der Waals surface area (Å²) >= 11 is 0. The minimum atomic E-state index is -0.667. The Morgan fingerprint density at radius 1 is 1.06 bits per heavy atom. The van der Waals surface area contributed by atoms with Gasteiger partial charge in [-0.15, -0.1) is 0 Å². The molecule has 34 heavy (non-hydrogen) atoms. The third-order valence-corrected chi connectivity index (χ3v) is 5.66. The number of hydrogen-bond acceptors (Lipinski definition) is 4. The zero-order valence-corrected chi connectivity index (χ0v) is 18.6. The molecule has 0 unspecified atom stereocenters. The van der Waals surface area contributed by atoms with Crippen molar-refractivity contribution >= 4 is 29.1 Å². The van der Waals surface area contributed by atoms with Crippen LogP contribution in [0, 0.1) is 11.7 Å².